The van der Waals surface area contributed by atoms with Crippen molar-refractivity contribution in [2.45, 2.75) is 24.2 Å². The van der Waals surface area contributed by atoms with Crippen molar-refractivity contribution in [2.75, 3.05) is 5.32 Å². The summed E-state index contributed by atoms with van der Waals surface area (Å²) in [6, 6.07) is 4.02. The Hall–Kier alpha value is -2.65. The number of benzene rings is 2. The van der Waals surface area contributed by atoms with Crippen molar-refractivity contribution in [2.24, 2.45) is 0 Å². The first-order valence-corrected chi connectivity index (χ1v) is 8.95. The average Bonchev–Trinajstić information content (AvgIpc) is 3.12. The van der Waals surface area contributed by atoms with Crippen LogP contribution in [0.2, 0.25) is 5.02 Å². The number of nitrogens with one attached hydrogen (secondary N) is 3. The number of halogens is 6. The summed E-state index contributed by atoms with van der Waals surface area (Å²) in [7, 11) is 0. The SMILES string of the molecule is O=C1Nc2ccc(Cl)cc2[C@]12N[C@@H](C(F)(F)F)Cc1c2[nH]c2cc(F)c(F)cc12. The van der Waals surface area contributed by atoms with Gasteiger partial charge in [-0.25, -0.2) is 8.78 Å². The van der Waals surface area contributed by atoms with Gasteiger partial charge in [-0.1, -0.05) is 11.6 Å². The molecule has 0 bridgehead atoms. The van der Waals surface area contributed by atoms with Gasteiger partial charge < -0.3 is 10.3 Å². The fourth-order valence-electron chi connectivity index (χ4n) is 4.23. The lowest BCUT2D eigenvalue weighted by Gasteiger charge is -2.39. The summed E-state index contributed by atoms with van der Waals surface area (Å²) in [6.45, 7) is 0. The summed E-state index contributed by atoms with van der Waals surface area (Å²) in [5, 5.41) is 5.33. The van der Waals surface area contributed by atoms with E-state index >= 15 is 0 Å². The summed E-state index contributed by atoms with van der Waals surface area (Å²) in [5.74, 6) is -3.07. The monoisotopic (exact) mass is 427 g/mol. The number of aromatic nitrogens is 1. The van der Waals surface area contributed by atoms with Crippen LogP contribution in [0.3, 0.4) is 0 Å². The lowest BCUT2D eigenvalue weighted by molar-refractivity contribution is -0.162. The van der Waals surface area contributed by atoms with E-state index in [1.54, 1.807) is 0 Å². The zero-order valence-electron chi connectivity index (χ0n) is 14.3. The molecule has 3 aromatic rings. The van der Waals surface area contributed by atoms with Crippen LogP contribution in [0, 0.1) is 11.6 Å². The standard InChI is InChI=1S/C19H11ClF5N3O/c20-7-1-2-13-10(3-7)18(17(29)27-13)16-9(5-15(28-18)19(23,24)25)8-4-11(21)12(22)6-14(8)26-16/h1-4,6,15,26,28H,5H2,(H,27,29)/t15-,18-/m1/s1. The second-order valence-electron chi connectivity index (χ2n) is 7.13. The van der Waals surface area contributed by atoms with Gasteiger partial charge in [-0.05, 0) is 36.2 Å². The Kier molecular flexibility index (Phi) is 3.61. The number of amides is 1. The third-order valence-electron chi connectivity index (χ3n) is 5.49. The highest BCUT2D eigenvalue weighted by molar-refractivity contribution is 6.31. The molecule has 4 nitrogen and oxygen atoms in total. The van der Waals surface area contributed by atoms with E-state index in [0.717, 1.165) is 12.1 Å². The molecule has 10 heteroatoms. The first kappa shape index (κ1) is 18.4. The first-order chi connectivity index (χ1) is 13.6. The number of fused-ring (bicyclic) bond motifs is 6. The number of carbonyl (C=O) groups is 1. The van der Waals surface area contributed by atoms with Crippen molar-refractivity contribution in [1.82, 2.24) is 10.3 Å². The third-order valence-corrected chi connectivity index (χ3v) is 5.73. The number of hydrogen-bond acceptors (Lipinski definition) is 2. The van der Waals surface area contributed by atoms with Gasteiger partial charge in [0.2, 0.25) is 0 Å². The minimum atomic E-state index is -4.69. The van der Waals surface area contributed by atoms with Gasteiger partial charge in [0.15, 0.2) is 17.2 Å². The summed E-state index contributed by atoms with van der Waals surface area (Å²) < 4.78 is 68.8. The predicted molar refractivity (Wildman–Crippen MR) is 95.8 cm³/mol. The van der Waals surface area contributed by atoms with Gasteiger partial charge in [0.05, 0.1) is 5.69 Å². The van der Waals surface area contributed by atoms with Crippen LogP contribution in [0.4, 0.5) is 27.6 Å². The Morgan fingerprint density at radius 3 is 2.55 bits per heavy atom. The minimum Gasteiger partial charge on any atom is -0.356 e. The maximum absolute atomic E-state index is 13.8. The van der Waals surface area contributed by atoms with Crippen LogP contribution in [0.5, 0.6) is 0 Å². The van der Waals surface area contributed by atoms with Gasteiger partial charge in [0.1, 0.15) is 6.04 Å². The van der Waals surface area contributed by atoms with Gasteiger partial charge in [-0.15, -0.1) is 0 Å². The lowest BCUT2D eigenvalue weighted by Crippen LogP contribution is -2.61. The number of alkyl halides is 3. The summed E-state index contributed by atoms with van der Waals surface area (Å²) in [5.41, 5.74) is -1.12. The van der Waals surface area contributed by atoms with E-state index in [0.29, 0.717) is 5.69 Å². The van der Waals surface area contributed by atoms with Crippen LogP contribution < -0.4 is 10.6 Å². The van der Waals surface area contributed by atoms with Gasteiger partial charge in [-0.3, -0.25) is 10.1 Å². The summed E-state index contributed by atoms with van der Waals surface area (Å²) in [4.78, 5) is 15.9. The Labute approximate surface area is 165 Å². The van der Waals surface area contributed by atoms with E-state index in [4.69, 9.17) is 11.6 Å². The van der Waals surface area contributed by atoms with Crippen LogP contribution in [0.1, 0.15) is 16.8 Å². The number of rotatable bonds is 0. The van der Waals surface area contributed by atoms with Gasteiger partial charge in [0, 0.05) is 33.2 Å². The largest absolute Gasteiger partial charge is 0.404 e. The number of hydrogen-bond donors (Lipinski definition) is 3. The van der Waals surface area contributed by atoms with E-state index in [1.807, 2.05) is 0 Å². The number of H-pyrrole nitrogens is 1. The normalized spacial score (nSPS) is 23.4. The number of carbonyl (C=O) groups excluding carboxylic acids is 1. The fraction of sp³-hybridized carbons (Fsp3) is 0.211. The molecular formula is C19H11ClF5N3O. The van der Waals surface area contributed by atoms with Crippen LogP contribution in [-0.4, -0.2) is 23.1 Å². The molecule has 0 radical (unpaired) electrons. The second-order valence-corrected chi connectivity index (χ2v) is 7.56. The molecule has 2 aliphatic rings. The number of aromatic amines is 1. The lowest BCUT2D eigenvalue weighted by atomic mass is 9.79. The molecule has 0 aliphatic carbocycles. The van der Waals surface area contributed by atoms with Crippen molar-refractivity contribution in [1.29, 1.82) is 0 Å². The molecular weight excluding hydrogens is 417 g/mol. The molecule has 3 N–H and O–H groups in total. The molecule has 0 saturated heterocycles. The smallest absolute Gasteiger partial charge is 0.356 e. The molecule has 29 heavy (non-hydrogen) atoms. The molecule has 150 valence electrons. The molecule has 0 unspecified atom stereocenters. The van der Waals surface area contributed by atoms with Crippen LogP contribution in [0.15, 0.2) is 30.3 Å². The number of anilines is 1. The molecule has 1 aromatic heterocycles. The summed E-state index contributed by atoms with van der Waals surface area (Å²) in [6.07, 6.45) is -5.23. The van der Waals surface area contributed by atoms with Crippen molar-refractivity contribution >= 4 is 34.1 Å². The fourth-order valence-corrected chi connectivity index (χ4v) is 4.40. The molecule has 3 heterocycles. The molecule has 2 atom stereocenters. The van der Waals surface area contributed by atoms with E-state index < -0.39 is 41.7 Å². The second kappa shape index (κ2) is 5.70. The van der Waals surface area contributed by atoms with Crippen LogP contribution in [-0.2, 0) is 16.8 Å². The van der Waals surface area contributed by atoms with Gasteiger partial charge in [-0.2, -0.15) is 13.2 Å². The maximum atomic E-state index is 13.8. The average molecular weight is 428 g/mol. The molecule has 1 spiro atoms. The quantitative estimate of drug-likeness (QED) is 0.467. The van der Waals surface area contributed by atoms with E-state index in [1.165, 1.54) is 18.2 Å². The molecule has 5 rings (SSSR count). The highest BCUT2D eigenvalue weighted by atomic mass is 35.5. The highest BCUT2D eigenvalue weighted by Gasteiger charge is 2.58. The minimum absolute atomic E-state index is 0.0947. The van der Waals surface area contributed by atoms with Crippen LogP contribution in [0.25, 0.3) is 10.9 Å². The van der Waals surface area contributed by atoms with Crippen molar-refractivity contribution < 1.29 is 26.7 Å². The van der Waals surface area contributed by atoms with Crippen molar-refractivity contribution in [3.8, 4) is 0 Å². The van der Waals surface area contributed by atoms with Crippen molar-refractivity contribution in [3.63, 3.8) is 0 Å². The van der Waals surface area contributed by atoms with Gasteiger partial charge >= 0.3 is 6.18 Å². The predicted octanol–water partition coefficient (Wildman–Crippen LogP) is 4.37. The zero-order valence-corrected chi connectivity index (χ0v) is 15.1. The highest BCUT2D eigenvalue weighted by Crippen LogP contribution is 2.48. The van der Waals surface area contributed by atoms with E-state index in [2.05, 4.69) is 15.6 Å². The third kappa shape index (κ3) is 2.43. The maximum Gasteiger partial charge on any atom is 0.404 e. The zero-order chi connectivity index (χ0) is 20.7. The molecule has 0 fully saturated rings. The van der Waals surface area contributed by atoms with E-state index in [9.17, 15) is 26.7 Å². The van der Waals surface area contributed by atoms with Crippen molar-refractivity contribution in [3.05, 3.63) is 63.8 Å². The Balaban J connectivity index is 1.87. The molecule has 2 aromatic carbocycles. The molecule has 1 amide bonds. The van der Waals surface area contributed by atoms with Crippen LogP contribution >= 0.6 is 11.6 Å². The van der Waals surface area contributed by atoms with E-state index in [-0.39, 0.29) is 32.7 Å². The Morgan fingerprint density at radius 2 is 1.83 bits per heavy atom. The molecule has 2 aliphatic heterocycles. The molecule has 0 saturated carbocycles. The summed E-state index contributed by atoms with van der Waals surface area (Å²) >= 11 is 6.05. The van der Waals surface area contributed by atoms with Gasteiger partial charge in [0.25, 0.3) is 5.91 Å². The topological polar surface area (TPSA) is 56.9 Å². The Morgan fingerprint density at radius 1 is 1.10 bits per heavy atom. The Bertz CT molecular complexity index is 1200. The first-order valence-electron chi connectivity index (χ1n) is 8.57.